The summed E-state index contributed by atoms with van der Waals surface area (Å²) in [6.45, 7) is 12.7. The summed E-state index contributed by atoms with van der Waals surface area (Å²) in [5.74, 6) is 0.252. The smallest absolute Gasteiger partial charge is 0.236 e. The van der Waals surface area contributed by atoms with Gasteiger partial charge in [0, 0.05) is 58.9 Å². The molecule has 1 atom stereocenters. The van der Waals surface area contributed by atoms with Crippen molar-refractivity contribution in [3.63, 3.8) is 0 Å². The van der Waals surface area contributed by atoms with Crippen molar-refractivity contribution in [3.8, 4) is 0 Å². The maximum atomic E-state index is 12.4. The third-order valence-electron chi connectivity index (χ3n) is 4.77. The Labute approximate surface area is 146 Å². The van der Waals surface area contributed by atoms with Crippen molar-refractivity contribution in [1.29, 1.82) is 0 Å². The summed E-state index contributed by atoms with van der Waals surface area (Å²) >= 11 is 0. The average molecular weight is 342 g/mol. The van der Waals surface area contributed by atoms with Gasteiger partial charge in [0.1, 0.15) is 0 Å². The Morgan fingerprint density at radius 2 is 1.58 bits per heavy atom. The standard InChI is InChI=1S/C17H34N4O3/c1-15(2)24-14-16(22)12-19-6-8-20(9-7-19)13-17(23)21-10-4-18(3)5-11-21/h15-16,22H,4-14H2,1-3H3/t16-/m1/s1. The molecule has 0 saturated carbocycles. The molecule has 0 aromatic carbocycles. The Kier molecular flexibility index (Phi) is 7.90. The molecule has 0 aromatic heterocycles. The largest absolute Gasteiger partial charge is 0.389 e. The van der Waals surface area contributed by atoms with Crippen molar-refractivity contribution >= 4 is 5.91 Å². The third kappa shape index (κ3) is 6.64. The number of nitrogens with zero attached hydrogens (tertiary/aromatic N) is 4. The minimum Gasteiger partial charge on any atom is -0.389 e. The molecular weight excluding hydrogens is 308 g/mol. The summed E-state index contributed by atoms with van der Waals surface area (Å²) < 4.78 is 5.45. The molecule has 2 aliphatic heterocycles. The lowest BCUT2D eigenvalue weighted by Crippen LogP contribution is -2.54. The molecule has 140 valence electrons. The quantitative estimate of drug-likeness (QED) is 0.651. The van der Waals surface area contributed by atoms with Crippen LogP contribution in [0.3, 0.4) is 0 Å². The Balaban J connectivity index is 1.62. The maximum Gasteiger partial charge on any atom is 0.236 e. The van der Waals surface area contributed by atoms with E-state index in [1.807, 2.05) is 18.7 Å². The number of β-amino-alcohol motifs (C(OH)–C–C–N with tert-alkyl or cyclic N) is 1. The van der Waals surface area contributed by atoms with E-state index in [0.29, 0.717) is 19.7 Å². The number of hydrogen-bond acceptors (Lipinski definition) is 6. The maximum absolute atomic E-state index is 12.4. The fourth-order valence-electron chi connectivity index (χ4n) is 3.13. The summed E-state index contributed by atoms with van der Waals surface area (Å²) in [6, 6.07) is 0. The molecule has 0 radical (unpaired) electrons. The first kappa shape index (κ1) is 19.6. The minimum absolute atomic E-state index is 0.150. The lowest BCUT2D eigenvalue weighted by atomic mass is 10.2. The van der Waals surface area contributed by atoms with Crippen molar-refractivity contribution in [1.82, 2.24) is 19.6 Å². The van der Waals surface area contributed by atoms with Gasteiger partial charge in [0.2, 0.25) is 5.91 Å². The molecule has 24 heavy (non-hydrogen) atoms. The van der Waals surface area contributed by atoms with E-state index in [4.69, 9.17) is 4.74 Å². The highest BCUT2D eigenvalue weighted by Crippen LogP contribution is 2.06. The van der Waals surface area contributed by atoms with E-state index in [-0.39, 0.29) is 12.0 Å². The molecule has 2 heterocycles. The van der Waals surface area contributed by atoms with Gasteiger partial charge in [0.15, 0.2) is 0 Å². The molecule has 1 N–H and O–H groups in total. The van der Waals surface area contributed by atoms with E-state index in [2.05, 4.69) is 21.7 Å². The highest BCUT2D eigenvalue weighted by molar-refractivity contribution is 5.78. The van der Waals surface area contributed by atoms with E-state index in [1.54, 1.807) is 0 Å². The van der Waals surface area contributed by atoms with E-state index in [1.165, 1.54) is 0 Å². The number of carbonyl (C=O) groups is 1. The summed E-state index contributed by atoms with van der Waals surface area (Å²) in [4.78, 5) is 21.1. The van der Waals surface area contributed by atoms with Gasteiger partial charge in [-0.25, -0.2) is 0 Å². The Morgan fingerprint density at radius 1 is 1.00 bits per heavy atom. The zero-order chi connectivity index (χ0) is 17.5. The number of likely N-dealkylation sites (N-methyl/N-ethyl adjacent to an activating group) is 1. The summed E-state index contributed by atoms with van der Waals surface area (Å²) in [7, 11) is 2.10. The first-order chi connectivity index (χ1) is 11.4. The van der Waals surface area contributed by atoms with Gasteiger partial charge in [0.25, 0.3) is 0 Å². The molecule has 0 spiro atoms. The molecule has 7 nitrogen and oxygen atoms in total. The van der Waals surface area contributed by atoms with E-state index < -0.39 is 6.10 Å². The fraction of sp³-hybridized carbons (Fsp3) is 0.941. The van der Waals surface area contributed by atoms with Gasteiger partial charge in [0.05, 0.1) is 25.4 Å². The van der Waals surface area contributed by atoms with Gasteiger partial charge in [-0.3, -0.25) is 14.6 Å². The van der Waals surface area contributed by atoms with Crippen molar-refractivity contribution in [2.24, 2.45) is 0 Å². The number of aliphatic hydroxyl groups excluding tert-OH is 1. The number of carbonyl (C=O) groups excluding carboxylic acids is 1. The van der Waals surface area contributed by atoms with Gasteiger partial charge in [-0.2, -0.15) is 0 Å². The third-order valence-corrected chi connectivity index (χ3v) is 4.77. The van der Waals surface area contributed by atoms with Crippen LogP contribution in [0, 0.1) is 0 Å². The average Bonchev–Trinajstić information content (AvgIpc) is 2.55. The van der Waals surface area contributed by atoms with E-state index in [9.17, 15) is 9.90 Å². The van der Waals surface area contributed by atoms with E-state index in [0.717, 1.165) is 52.4 Å². The minimum atomic E-state index is -0.439. The van der Waals surface area contributed by atoms with Crippen LogP contribution in [-0.4, -0.2) is 122 Å². The summed E-state index contributed by atoms with van der Waals surface area (Å²) in [5.41, 5.74) is 0. The number of hydrogen-bond donors (Lipinski definition) is 1. The zero-order valence-corrected chi connectivity index (χ0v) is 15.5. The second-order valence-electron chi connectivity index (χ2n) is 7.30. The molecule has 2 fully saturated rings. The fourth-order valence-corrected chi connectivity index (χ4v) is 3.13. The van der Waals surface area contributed by atoms with Crippen LogP contribution in [0.1, 0.15) is 13.8 Å². The summed E-state index contributed by atoms with van der Waals surface area (Å²) in [5, 5.41) is 10.0. The van der Waals surface area contributed by atoms with Crippen LogP contribution in [0.15, 0.2) is 0 Å². The zero-order valence-electron chi connectivity index (χ0n) is 15.5. The molecule has 2 rings (SSSR count). The molecule has 2 aliphatic rings. The normalized spacial score (nSPS) is 23.0. The monoisotopic (exact) mass is 342 g/mol. The molecule has 0 aliphatic carbocycles. The number of piperazine rings is 2. The van der Waals surface area contributed by atoms with Crippen molar-refractivity contribution < 1.29 is 14.6 Å². The van der Waals surface area contributed by atoms with Crippen LogP contribution >= 0.6 is 0 Å². The van der Waals surface area contributed by atoms with Crippen LogP contribution in [0.4, 0.5) is 0 Å². The SMILES string of the molecule is CC(C)OC[C@H](O)CN1CCN(CC(=O)N2CCN(C)CC2)CC1. The van der Waals surface area contributed by atoms with Crippen molar-refractivity contribution in [2.45, 2.75) is 26.1 Å². The van der Waals surface area contributed by atoms with Gasteiger partial charge in [-0.1, -0.05) is 0 Å². The van der Waals surface area contributed by atoms with Crippen LogP contribution in [0.5, 0.6) is 0 Å². The predicted octanol–water partition coefficient (Wildman–Crippen LogP) is -0.836. The number of amides is 1. The van der Waals surface area contributed by atoms with Gasteiger partial charge in [-0.15, -0.1) is 0 Å². The molecular formula is C17H34N4O3. The van der Waals surface area contributed by atoms with Gasteiger partial charge >= 0.3 is 0 Å². The first-order valence-electron chi connectivity index (χ1n) is 9.14. The van der Waals surface area contributed by atoms with Gasteiger partial charge < -0.3 is 19.6 Å². The van der Waals surface area contributed by atoms with Crippen LogP contribution in [0.2, 0.25) is 0 Å². The molecule has 0 aromatic rings. The number of rotatable bonds is 7. The number of ether oxygens (including phenoxy) is 1. The highest BCUT2D eigenvalue weighted by atomic mass is 16.5. The Bertz CT molecular complexity index is 378. The highest BCUT2D eigenvalue weighted by Gasteiger charge is 2.24. The van der Waals surface area contributed by atoms with Crippen LogP contribution in [0.25, 0.3) is 0 Å². The molecule has 0 unspecified atom stereocenters. The van der Waals surface area contributed by atoms with E-state index >= 15 is 0 Å². The Hall–Kier alpha value is -0.730. The lowest BCUT2D eigenvalue weighted by molar-refractivity contribution is -0.134. The second-order valence-corrected chi connectivity index (χ2v) is 7.30. The number of aliphatic hydroxyl groups is 1. The molecule has 2 saturated heterocycles. The predicted molar refractivity (Wildman–Crippen MR) is 94.1 cm³/mol. The van der Waals surface area contributed by atoms with Crippen LogP contribution < -0.4 is 0 Å². The molecule has 7 heteroatoms. The van der Waals surface area contributed by atoms with Crippen molar-refractivity contribution in [3.05, 3.63) is 0 Å². The molecule has 0 bridgehead atoms. The Morgan fingerprint density at radius 3 is 2.17 bits per heavy atom. The summed E-state index contributed by atoms with van der Waals surface area (Å²) in [6.07, 6.45) is -0.289. The first-order valence-corrected chi connectivity index (χ1v) is 9.14. The molecule has 1 amide bonds. The topological polar surface area (TPSA) is 59.5 Å². The van der Waals surface area contributed by atoms with Gasteiger partial charge in [-0.05, 0) is 20.9 Å². The lowest BCUT2D eigenvalue weighted by Gasteiger charge is -2.37. The second kappa shape index (κ2) is 9.68. The van der Waals surface area contributed by atoms with Crippen LogP contribution in [-0.2, 0) is 9.53 Å². The van der Waals surface area contributed by atoms with Crippen molar-refractivity contribution in [2.75, 3.05) is 79.1 Å².